The van der Waals surface area contributed by atoms with Gasteiger partial charge in [-0.3, -0.25) is 9.78 Å². The molecule has 33 heavy (non-hydrogen) atoms. The fraction of sp³-hybridized carbons (Fsp3) is 0.346. The molecule has 1 atom stereocenters. The summed E-state index contributed by atoms with van der Waals surface area (Å²) < 4.78 is 11.2. The van der Waals surface area contributed by atoms with Gasteiger partial charge in [-0.2, -0.15) is 0 Å². The number of nitrogens with one attached hydrogen (secondary N) is 1. The van der Waals surface area contributed by atoms with Gasteiger partial charge in [0.2, 0.25) is 0 Å². The highest BCUT2D eigenvalue weighted by Crippen LogP contribution is 2.30. The van der Waals surface area contributed by atoms with Crippen LogP contribution in [-0.2, 0) is 4.79 Å². The molecule has 1 amide bonds. The van der Waals surface area contributed by atoms with E-state index in [1.807, 2.05) is 61.2 Å². The third-order valence-corrected chi connectivity index (χ3v) is 5.77. The zero-order chi connectivity index (χ0) is 23.2. The van der Waals surface area contributed by atoms with Gasteiger partial charge in [0.25, 0.3) is 5.91 Å². The number of aryl methyl sites for hydroxylation is 2. The molecule has 1 aliphatic rings. The molecule has 1 aromatic carbocycles. The van der Waals surface area contributed by atoms with Crippen molar-refractivity contribution in [3.8, 4) is 11.5 Å². The number of pyridine rings is 2. The Morgan fingerprint density at radius 3 is 2.82 bits per heavy atom. The molecule has 172 valence electrons. The van der Waals surface area contributed by atoms with Crippen LogP contribution >= 0.6 is 0 Å². The minimum Gasteiger partial charge on any atom is -0.493 e. The van der Waals surface area contributed by atoms with Crippen LogP contribution in [0.15, 0.2) is 54.7 Å². The van der Waals surface area contributed by atoms with Crippen LogP contribution in [0.1, 0.15) is 35.7 Å². The van der Waals surface area contributed by atoms with Crippen molar-refractivity contribution in [2.75, 3.05) is 32.1 Å². The summed E-state index contributed by atoms with van der Waals surface area (Å²) in [4.78, 5) is 23.9. The normalized spacial score (nSPS) is 15.7. The first-order chi connectivity index (χ1) is 16.0. The number of hydrogen-bond donors (Lipinski definition) is 1. The van der Waals surface area contributed by atoms with Crippen molar-refractivity contribution in [2.24, 2.45) is 0 Å². The maximum Gasteiger partial charge on any atom is 0.260 e. The molecule has 7 nitrogen and oxygen atoms in total. The lowest BCUT2D eigenvalue weighted by Gasteiger charge is -2.32. The van der Waals surface area contributed by atoms with Gasteiger partial charge in [-0.05, 0) is 68.7 Å². The molecule has 0 bridgehead atoms. The molecular weight excluding hydrogens is 416 g/mol. The SMILES string of the molecule is COc1cc(C)ccc1OCC(=O)N1CCC[C@@H](c2cc(Nc3ccccn3)cc(C)n2)C1. The lowest BCUT2D eigenvalue weighted by molar-refractivity contribution is -0.134. The third kappa shape index (κ3) is 5.80. The van der Waals surface area contributed by atoms with Crippen molar-refractivity contribution in [3.63, 3.8) is 0 Å². The van der Waals surface area contributed by atoms with E-state index in [0.717, 1.165) is 47.8 Å². The van der Waals surface area contributed by atoms with Crippen LogP contribution in [0, 0.1) is 13.8 Å². The number of aromatic nitrogens is 2. The van der Waals surface area contributed by atoms with Crippen molar-refractivity contribution >= 4 is 17.4 Å². The van der Waals surface area contributed by atoms with Gasteiger partial charge in [-0.25, -0.2) is 4.98 Å². The molecule has 3 heterocycles. The van der Waals surface area contributed by atoms with Crippen molar-refractivity contribution in [3.05, 3.63) is 71.7 Å². The average molecular weight is 447 g/mol. The van der Waals surface area contributed by atoms with E-state index in [4.69, 9.17) is 14.5 Å². The summed E-state index contributed by atoms with van der Waals surface area (Å²) in [5.74, 6) is 2.16. The second-order valence-electron chi connectivity index (χ2n) is 8.38. The maximum atomic E-state index is 12.9. The summed E-state index contributed by atoms with van der Waals surface area (Å²) in [7, 11) is 1.60. The molecule has 3 aromatic rings. The molecule has 0 saturated carbocycles. The van der Waals surface area contributed by atoms with Crippen molar-refractivity contribution in [1.82, 2.24) is 14.9 Å². The van der Waals surface area contributed by atoms with Crippen molar-refractivity contribution < 1.29 is 14.3 Å². The quantitative estimate of drug-likeness (QED) is 0.570. The Labute approximate surface area is 194 Å². The molecule has 1 N–H and O–H groups in total. The Morgan fingerprint density at radius 2 is 2.03 bits per heavy atom. The van der Waals surface area contributed by atoms with Gasteiger partial charge in [-0.1, -0.05) is 12.1 Å². The van der Waals surface area contributed by atoms with E-state index in [9.17, 15) is 4.79 Å². The molecule has 4 rings (SSSR count). The highest BCUT2D eigenvalue weighted by Gasteiger charge is 2.26. The van der Waals surface area contributed by atoms with Crippen LogP contribution < -0.4 is 14.8 Å². The fourth-order valence-electron chi connectivity index (χ4n) is 4.13. The first-order valence-corrected chi connectivity index (χ1v) is 11.2. The number of rotatable bonds is 7. The second kappa shape index (κ2) is 10.3. The Bertz CT molecular complexity index is 1100. The van der Waals surface area contributed by atoms with Gasteiger partial charge in [0, 0.05) is 42.3 Å². The fourth-order valence-corrected chi connectivity index (χ4v) is 4.13. The number of nitrogens with zero attached hydrogens (tertiary/aromatic N) is 3. The molecule has 1 saturated heterocycles. The molecule has 7 heteroatoms. The van der Waals surface area contributed by atoms with Crippen LogP contribution in [-0.4, -0.2) is 47.6 Å². The Hall–Kier alpha value is -3.61. The lowest BCUT2D eigenvalue weighted by atomic mass is 9.93. The van der Waals surface area contributed by atoms with Crippen molar-refractivity contribution in [2.45, 2.75) is 32.6 Å². The molecular formula is C26H30N4O3. The number of piperidine rings is 1. The molecule has 1 fully saturated rings. The number of hydrogen-bond acceptors (Lipinski definition) is 6. The predicted octanol–water partition coefficient (Wildman–Crippen LogP) is 4.63. The van der Waals surface area contributed by atoms with E-state index in [1.54, 1.807) is 13.3 Å². The highest BCUT2D eigenvalue weighted by atomic mass is 16.5. The van der Waals surface area contributed by atoms with E-state index in [2.05, 4.69) is 16.4 Å². The Morgan fingerprint density at radius 1 is 1.15 bits per heavy atom. The van der Waals surface area contributed by atoms with E-state index in [1.165, 1.54) is 0 Å². The van der Waals surface area contributed by atoms with Gasteiger partial charge in [-0.15, -0.1) is 0 Å². The summed E-state index contributed by atoms with van der Waals surface area (Å²) in [5.41, 5.74) is 3.96. The highest BCUT2D eigenvalue weighted by molar-refractivity contribution is 5.78. The third-order valence-electron chi connectivity index (χ3n) is 5.77. The average Bonchev–Trinajstić information content (AvgIpc) is 2.83. The van der Waals surface area contributed by atoms with Gasteiger partial charge in [0.05, 0.1) is 7.11 Å². The standard InChI is InChI=1S/C26H30N4O3/c1-18-9-10-23(24(13-18)32-3)33-17-26(31)30-12-6-7-20(16-30)22-15-21(14-19(2)28-22)29-25-8-4-5-11-27-25/h4-5,8-11,13-15,20H,6-7,12,16-17H2,1-3H3,(H,27,28,29)/t20-/m1/s1. The summed E-state index contributed by atoms with van der Waals surface area (Å²) in [6, 6.07) is 15.5. The van der Waals surface area contributed by atoms with Crippen LogP contribution in [0.2, 0.25) is 0 Å². The van der Waals surface area contributed by atoms with E-state index < -0.39 is 0 Å². The minimum atomic E-state index is -0.0261. The molecule has 0 aliphatic carbocycles. The number of methoxy groups -OCH3 is 1. The monoisotopic (exact) mass is 446 g/mol. The largest absolute Gasteiger partial charge is 0.493 e. The van der Waals surface area contributed by atoms with Crippen LogP contribution in [0.3, 0.4) is 0 Å². The summed E-state index contributed by atoms with van der Waals surface area (Å²) in [6.45, 7) is 5.32. The molecule has 0 radical (unpaired) electrons. The van der Waals surface area contributed by atoms with Gasteiger partial charge < -0.3 is 19.7 Å². The van der Waals surface area contributed by atoms with Crippen LogP contribution in [0.4, 0.5) is 11.5 Å². The van der Waals surface area contributed by atoms with E-state index >= 15 is 0 Å². The topological polar surface area (TPSA) is 76.6 Å². The maximum absolute atomic E-state index is 12.9. The first-order valence-electron chi connectivity index (χ1n) is 11.2. The van der Waals surface area contributed by atoms with E-state index in [0.29, 0.717) is 18.0 Å². The molecule has 1 aliphatic heterocycles. The second-order valence-corrected chi connectivity index (χ2v) is 8.38. The number of likely N-dealkylation sites (tertiary alicyclic amines) is 1. The van der Waals surface area contributed by atoms with E-state index in [-0.39, 0.29) is 18.4 Å². The molecule has 0 unspecified atom stereocenters. The number of anilines is 2. The smallest absolute Gasteiger partial charge is 0.260 e. The van der Waals surface area contributed by atoms with Gasteiger partial charge in [0.15, 0.2) is 18.1 Å². The molecule has 0 spiro atoms. The number of benzene rings is 1. The summed E-state index contributed by atoms with van der Waals surface area (Å²) in [5, 5.41) is 3.35. The number of amides is 1. The number of ether oxygens (including phenoxy) is 2. The Kier molecular flexibility index (Phi) is 7.07. The van der Waals surface area contributed by atoms with Crippen LogP contribution in [0.5, 0.6) is 11.5 Å². The summed E-state index contributed by atoms with van der Waals surface area (Å²) >= 11 is 0. The zero-order valence-corrected chi connectivity index (χ0v) is 19.4. The van der Waals surface area contributed by atoms with Gasteiger partial charge >= 0.3 is 0 Å². The van der Waals surface area contributed by atoms with Crippen molar-refractivity contribution in [1.29, 1.82) is 0 Å². The lowest BCUT2D eigenvalue weighted by Crippen LogP contribution is -2.41. The predicted molar refractivity (Wildman–Crippen MR) is 128 cm³/mol. The Balaban J connectivity index is 1.41. The first kappa shape index (κ1) is 22.6. The van der Waals surface area contributed by atoms with Gasteiger partial charge in [0.1, 0.15) is 5.82 Å². The zero-order valence-electron chi connectivity index (χ0n) is 19.4. The number of carbonyl (C=O) groups is 1. The minimum absolute atomic E-state index is 0.0140. The summed E-state index contributed by atoms with van der Waals surface area (Å²) in [6.07, 6.45) is 3.69. The molecule has 2 aromatic heterocycles. The number of carbonyl (C=O) groups excluding carboxylic acids is 1. The van der Waals surface area contributed by atoms with Crippen LogP contribution in [0.25, 0.3) is 0 Å².